The van der Waals surface area contributed by atoms with Crippen LogP contribution >= 0.6 is 0 Å². The van der Waals surface area contributed by atoms with E-state index in [1.54, 1.807) is 30.1 Å². The van der Waals surface area contributed by atoms with Gasteiger partial charge in [0.25, 0.3) is 5.91 Å². The molecule has 5 N–H and O–H groups in total. The summed E-state index contributed by atoms with van der Waals surface area (Å²) in [5.74, 6) is -0.247. The number of hydrogen-bond acceptors (Lipinski definition) is 4. The Morgan fingerprint density at radius 3 is 2.55 bits per heavy atom. The monoisotopic (exact) mass is 278 g/mol. The van der Waals surface area contributed by atoms with Crippen molar-refractivity contribution < 1.29 is 9.59 Å². The van der Waals surface area contributed by atoms with Crippen LogP contribution in [0.25, 0.3) is 0 Å². The van der Waals surface area contributed by atoms with Gasteiger partial charge in [0.05, 0.1) is 12.1 Å². The van der Waals surface area contributed by atoms with E-state index in [-0.39, 0.29) is 18.0 Å². The molecule has 0 aliphatic rings. The normalized spacial score (nSPS) is 10.4. The third-order valence-corrected chi connectivity index (χ3v) is 2.83. The number of hydrogen-bond donors (Lipinski definition) is 3. The fourth-order valence-electron chi connectivity index (χ4n) is 1.68. The first-order chi connectivity index (χ1) is 9.31. The summed E-state index contributed by atoms with van der Waals surface area (Å²) < 4.78 is 0. The number of nitrogens with two attached hydrogens (primary N) is 2. The van der Waals surface area contributed by atoms with Crippen LogP contribution in [0.3, 0.4) is 0 Å². The average Bonchev–Trinajstić information content (AvgIpc) is 2.36. The van der Waals surface area contributed by atoms with Crippen LogP contribution in [0.15, 0.2) is 18.2 Å². The van der Waals surface area contributed by atoms with Gasteiger partial charge in [0.2, 0.25) is 5.91 Å². The first kappa shape index (κ1) is 15.8. The molecule has 1 aromatic carbocycles. The van der Waals surface area contributed by atoms with E-state index in [9.17, 15) is 9.59 Å². The maximum Gasteiger partial charge on any atom is 0.250 e. The molecular formula is C14H22N4O2. The second-order valence-corrected chi connectivity index (χ2v) is 5.19. The number of carbonyl (C=O) groups excluding carboxylic acids is 2. The zero-order valence-electron chi connectivity index (χ0n) is 12.1. The predicted molar refractivity (Wildman–Crippen MR) is 80.5 cm³/mol. The summed E-state index contributed by atoms with van der Waals surface area (Å²) in [5.41, 5.74) is 12.2. The molecule has 0 bridgehead atoms. The molecular weight excluding hydrogens is 256 g/mol. The molecule has 20 heavy (non-hydrogen) atoms. The molecule has 0 aliphatic heterocycles. The lowest BCUT2D eigenvalue weighted by molar-refractivity contribution is -0.119. The Morgan fingerprint density at radius 1 is 1.35 bits per heavy atom. The summed E-state index contributed by atoms with van der Waals surface area (Å²) in [6, 6.07) is 4.95. The molecule has 0 unspecified atom stereocenters. The molecule has 2 amide bonds. The smallest absolute Gasteiger partial charge is 0.250 e. The molecule has 6 nitrogen and oxygen atoms in total. The van der Waals surface area contributed by atoms with Crippen molar-refractivity contribution in [3.05, 3.63) is 23.8 Å². The van der Waals surface area contributed by atoms with E-state index in [4.69, 9.17) is 11.5 Å². The number of nitrogens with one attached hydrogen (secondary N) is 1. The summed E-state index contributed by atoms with van der Waals surface area (Å²) in [7, 11) is 1.77. The van der Waals surface area contributed by atoms with Crippen LogP contribution in [-0.4, -0.2) is 32.0 Å². The summed E-state index contributed by atoms with van der Waals surface area (Å²) in [6.45, 7) is 4.90. The van der Waals surface area contributed by atoms with Gasteiger partial charge in [0.15, 0.2) is 0 Å². The van der Waals surface area contributed by atoms with Gasteiger partial charge in [-0.15, -0.1) is 0 Å². The molecule has 0 heterocycles. The molecule has 0 aliphatic carbocycles. The predicted octanol–water partition coefficient (Wildman–Crippen LogP) is 0.576. The summed E-state index contributed by atoms with van der Waals surface area (Å²) >= 11 is 0. The van der Waals surface area contributed by atoms with Gasteiger partial charge in [-0.3, -0.25) is 9.59 Å². The molecule has 0 atom stereocenters. The molecule has 0 saturated heterocycles. The van der Waals surface area contributed by atoms with E-state index in [1.165, 1.54) is 0 Å². The Labute approximate surface area is 119 Å². The first-order valence-electron chi connectivity index (χ1n) is 6.48. The lowest BCUT2D eigenvalue weighted by atomic mass is 10.1. The number of primary amides is 1. The highest BCUT2D eigenvalue weighted by Gasteiger charge is 2.11. The van der Waals surface area contributed by atoms with Gasteiger partial charge in [-0.1, -0.05) is 13.8 Å². The Morgan fingerprint density at radius 2 is 2.00 bits per heavy atom. The Hall–Kier alpha value is -2.24. The van der Waals surface area contributed by atoms with Gasteiger partial charge in [0.1, 0.15) is 0 Å². The molecule has 0 aromatic heterocycles. The molecule has 0 spiro atoms. The molecule has 0 fully saturated rings. The van der Waals surface area contributed by atoms with Crippen LogP contribution in [0.2, 0.25) is 0 Å². The van der Waals surface area contributed by atoms with Crippen molar-refractivity contribution in [3.63, 3.8) is 0 Å². The number of amides is 2. The first-order valence-corrected chi connectivity index (χ1v) is 6.48. The Kier molecular flexibility index (Phi) is 5.37. The number of anilines is 2. The number of likely N-dealkylation sites (N-methyl/N-ethyl adjacent to an activating group) is 1. The van der Waals surface area contributed by atoms with Crippen molar-refractivity contribution in [2.75, 3.05) is 30.8 Å². The summed E-state index contributed by atoms with van der Waals surface area (Å²) in [6.07, 6.45) is 0. The van der Waals surface area contributed by atoms with E-state index >= 15 is 0 Å². The van der Waals surface area contributed by atoms with Crippen LogP contribution in [0, 0.1) is 5.92 Å². The quantitative estimate of drug-likeness (QED) is 0.662. The molecule has 110 valence electrons. The van der Waals surface area contributed by atoms with E-state index in [0.29, 0.717) is 23.8 Å². The lowest BCUT2D eigenvalue weighted by Crippen LogP contribution is -2.36. The van der Waals surface area contributed by atoms with Crippen LogP contribution in [0.1, 0.15) is 24.2 Å². The third-order valence-electron chi connectivity index (χ3n) is 2.83. The minimum Gasteiger partial charge on any atom is -0.398 e. The third kappa shape index (κ3) is 4.46. The van der Waals surface area contributed by atoms with E-state index in [2.05, 4.69) is 5.32 Å². The van der Waals surface area contributed by atoms with E-state index < -0.39 is 5.91 Å². The van der Waals surface area contributed by atoms with E-state index in [0.717, 1.165) is 0 Å². The van der Waals surface area contributed by atoms with Crippen molar-refractivity contribution in [1.82, 2.24) is 5.32 Å². The zero-order valence-corrected chi connectivity index (χ0v) is 12.1. The molecule has 0 saturated carbocycles. The highest BCUT2D eigenvalue weighted by atomic mass is 16.2. The fraction of sp³-hybridized carbons (Fsp3) is 0.429. The number of carbonyl (C=O) groups is 2. The molecule has 6 heteroatoms. The molecule has 0 radical (unpaired) electrons. The van der Waals surface area contributed by atoms with Crippen LogP contribution in [0.5, 0.6) is 0 Å². The highest BCUT2D eigenvalue weighted by Crippen LogP contribution is 2.19. The highest BCUT2D eigenvalue weighted by molar-refractivity contribution is 5.99. The van der Waals surface area contributed by atoms with Gasteiger partial charge < -0.3 is 21.7 Å². The Bertz CT molecular complexity index is 500. The fourth-order valence-corrected chi connectivity index (χ4v) is 1.68. The van der Waals surface area contributed by atoms with Gasteiger partial charge in [0, 0.05) is 25.0 Å². The minimum atomic E-state index is -0.581. The number of nitrogens with zero attached hydrogens (tertiary/aromatic N) is 1. The second-order valence-electron chi connectivity index (χ2n) is 5.19. The summed E-state index contributed by atoms with van der Waals surface area (Å²) in [4.78, 5) is 24.7. The Balaban J connectivity index is 2.72. The van der Waals surface area contributed by atoms with Crippen molar-refractivity contribution in [3.8, 4) is 0 Å². The molecule has 1 rings (SSSR count). The van der Waals surface area contributed by atoms with E-state index in [1.807, 2.05) is 13.8 Å². The SMILES string of the molecule is CC(C)CNC(=O)CN(C)c1ccc(N)c(C(N)=O)c1. The number of rotatable bonds is 6. The van der Waals surface area contributed by atoms with Crippen molar-refractivity contribution in [1.29, 1.82) is 0 Å². The number of nitrogen functional groups attached to an aromatic ring is 1. The van der Waals surface area contributed by atoms with Gasteiger partial charge in [-0.2, -0.15) is 0 Å². The minimum absolute atomic E-state index is 0.0707. The standard InChI is InChI=1S/C14H22N4O2/c1-9(2)7-17-13(19)8-18(3)10-4-5-12(15)11(6-10)14(16)20/h4-6,9H,7-8,15H2,1-3H3,(H2,16,20)(H,17,19). The van der Waals surface area contributed by atoms with Crippen LogP contribution in [0.4, 0.5) is 11.4 Å². The average molecular weight is 278 g/mol. The van der Waals surface area contributed by atoms with Crippen molar-refractivity contribution in [2.24, 2.45) is 11.7 Å². The largest absolute Gasteiger partial charge is 0.398 e. The topological polar surface area (TPSA) is 101 Å². The maximum atomic E-state index is 11.7. The number of benzene rings is 1. The second kappa shape index (κ2) is 6.79. The summed E-state index contributed by atoms with van der Waals surface area (Å²) in [5, 5.41) is 2.83. The van der Waals surface area contributed by atoms with Crippen LogP contribution < -0.4 is 21.7 Å². The van der Waals surface area contributed by atoms with Crippen molar-refractivity contribution >= 4 is 23.2 Å². The maximum absolute atomic E-state index is 11.7. The van der Waals surface area contributed by atoms with Crippen LogP contribution in [-0.2, 0) is 4.79 Å². The van der Waals surface area contributed by atoms with Crippen molar-refractivity contribution in [2.45, 2.75) is 13.8 Å². The lowest BCUT2D eigenvalue weighted by Gasteiger charge is -2.20. The zero-order chi connectivity index (χ0) is 15.3. The van der Waals surface area contributed by atoms with Gasteiger partial charge in [-0.05, 0) is 24.1 Å². The molecule has 1 aromatic rings. The van der Waals surface area contributed by atoms with Gasteiger partial charge >= 0.3 is 0 Å². The van der Waals surface area contributed by atoms with Gasteiger partial charge in [-0.25, -0.2) is 0 Å².